The number of hydrogen-bond donors (Lipinski definition) is 0. The number of nitro benzene ring substituents is 1. The molecule has 5 heteroatoms. The molecule has 1 rings (SSSR count). The summed E-state index contributed by atoms with van der Waals surface area (Å²) in [5, 5.41) is 10.4. The van der Waals surface area contributed by atoms with Crippen LogP contribution < -0.4 is 0 Å². The number of nitrogens with zero attached hydrogens (tertiary/aromatic N) is 1. The summed E-state index contributed by atoms with van der Waals surface area (Å²) in [5.41, 5.74) is 0.650. The number of rotatable bonds is 3. The Kier molecular flexibility index (Phi) is 3.36. The van der Waals surface area contributed by atoms with Gasteiger partial charge >= 0.3 is 0 Å². The van der Waals surface area contributed by atoms with Gasteiger partial charge in [-0.2, -0.15) is 0 Å². The topological polar surface area (TPSA) is 60.2 Å². The lowest BCUT2D eigenvalue weighted by molar-refractivity contribution is -0.384. The first-order valence-electron chi connectivity index (χ1n) is 3.70. The molecular weight excluding hydrogens is 206 g/mol. The summed E-state index contributed by atoms with van der Waals surface area (Å²) in [7, 11) is 0. The molecule has 0 aromatic heterocycles. The van der Waals surface area contributed by atoms with Crippen molar-refractivity contribution in [1.82, 2.24) is 0 Å². The molecule has 1 aromatic carbocycles. The molecule has 0 bridgehead atoms. The first-order chi connectivity index (χ1) is 6.63. The Labute approximate surface area is 85.0 Å². The molecule has 0 amide bonds. The van der Waals surface area contributed by atoms with Gasteiger partial charge in [0.15, 0.2) is 6.29 Å². The monoisotopic (exact) mass is 211 g/mol. The van der Waals surface area contributed by atoms with Crippen molar-refractivity contribution < 1.29 is 9.72 Å². The molecule has 72 valence electrons. The second kappa shape index (κ2) is 4.53. The van der Waals surface area contributed by atoms with Gasteiger partial charge in [-0.25, -0.2) is 0 Å². The highest BCUT2D eigenvalue weighted by Crippen LogP contribution is 2.14. The lowest BCUT2D eigenvalue weighted by atomic mass is 10.2. The van der Waals surface area contributed by atoms with Gasteiger partial charge in [0, 0.05) is 12.1 Å². The van der Waals surface area contributed by atoms with Crippen LogP contribution in [0.5, 0.6) is 0 Å². The number of benzene rings is 1. The molecule has 0 atom stereocenters. The maximum atomic E-state index is 10.3. The van der Waals surface area contributed by atoms with Gasteiger partial charge < -0.3 is 0 Å². The molecule has 0 spiro atoms. The van der Waals surface area contributed by atoms with Gasteiger partial charge in [-0.15, -0.1) is 0 Å². The van der Waals surface area contributed by atoms with Gasteiger partial charge in [0.05, 0.1) is 9.96 Å². The van der Waals surface area contributed by atoms with Gasteiger partial charge in [0.25, 0.3) is 5.69 Å². The second-order valence-corrected chi connectivity index (χ2v) is 2.93. The van der Waals surface area contributed by atoms with E-state index < -0.39 is 4.92 Å². The van der Waals surface area contributed by atoms with Crippen LogP contribution in [0, 0.1) is 10.1 Å². The van der Waals surface area contributed by atoms with Crippen LogP contribution in [0.2, 0.25) is 0 Å². The molecule has 0 aliphatic carbocycles. The van der Waals surface area contributed by atoms with Crippen LogP contribution in [0.25, 0.3) is 6.08 Å². The van der Waals surface area contributed by atoms with Crippen molar-refractivity contribution >= 4 is 29.7 Å². The van der Waals surface area contributed by atoms with E-state index in [0.717, 1.165) is 0 Å². The van der Waals surface area contributed by atoms with E-state index in [4.69, 9.17) is 11.6 Å². The molecule has 0 saturated heterocycles. The Morgan fingerprint density at radius 1 is 1.36 bits per heavy atom. The Morgan fingerprint density at radius 3 is 2.36 bits per heavy atom. The van der Waals surface area contributed by atoms with Crippen LogP contribution >= 0.6 is 11.6 Å². The van der Waals surface area contributed by atoms with E-state index in [-0.39, 0.29) is 10.7 Å². The van der Waals surface area contributed by atoms with Gasteiger partial charge in [0.1, 0.15) is 0 Å². The third-order valence-electron chi connectivity index (χ3n) is 1.52. The Balaban J connectivity index is 2.94. The minimum Gasteiger partial charge on any atom is -0.297 e. The van der Waals surface area contributed by atoms with E-state index in [9.17, 15) is 14.9 Å². The minimum absolute atomic E-state index is 0.00405. The summed E-state index contributed by atoms with van der Waals surface area (Å²) in [6.07, 6.45) is 1.93. The quantitative estimate of drug-likeness (QED) is 0.334. The van der Waals surface area contributed by atoms with Crippen LogP contribution in [0.1, 0.15) is 5.56 Å². The fourth-order valence-corrected chi connectivity index (χ4v) is 1.01. The lowest BCUT2D eigenvalue weighted by Crippen LogP contribution is -1.86. The van der Waals surface area contributed by atoms with Crippen molar-refractivity contribution in [1.29, 1.82) is 0 Å². The highest BCUT2D eigenvalue weighted by Gasteiger charge is 2.02. The summed E-state index contributed by atoms with van der Waals surface area (Å²) in [4.78, 5) is 20.0. The van der Waals surface area contributed by atoms with Crippen LogP contribution in [-0.4, -0.2) is 11.2 Å². The van der Waals surface area contributed by atoms with E-state index in [1.54, 1.807) is 0 Å². The molecule has 0 aliphatic rings. The van der Waals surface area contributed by atoms with E-state index in [1.807, 2.05) is 0 Å². The molecule has 0 aliphatic heterocycles. The minimum atomic E-state index is -0.491. The number of aldehydes is 1. The summed E-state index contributed by atoms with van der Waals surface area (Å²) in [6.45, 7) is 0. The van der Waals surface area contributed by atoms with Crippen molar-refractivity contribution in [2.24, 2.45) is 0 Å². The molecule has 0 saturated carbocycles. The lowest BCUT2D eigenvalue weighted by Gasteiger charge is -1.93. The largest absolute Gasteiger partial charge is 0.297 e. The number of carbonyl (C=O) groups excluding carboxylic acids is 1. The first-order valence-corrected chi connectivity index (χ1v) is 4.08. The smallest absolute Gasteiger partial charge is 0.269 e. The number of carbonyl (C=O) groups is 1. The SMILES string of the molecule is O=C/C(Cl)=C/c1ccc([N+](=O)[O-])cc1. The highest BCUT2D eigenvalue weighted by molar-refractivity contribution is 6.40. The Morgan fingerprint density at radius 2 is 1.93 bits per heavy atom. The molecule has 0 fully saturated rings. The van der Waals surface area contributed by atoms with Crippen molar-refractivity contribution in [3.05, 3.63) is 45.0 Å². The van der Waals surface area contributed by atoms with Crippen molar-refractivity contribution in [3.63, 3.8) is 0 Å². The third kappa shape index (κ3) is 2.67. The van der Waals surface area contributed by atoms with Crippen molar-refractivity contribution in [2.45, 2.75) is 0 Å². The van der Waals surface area contributed by atoms with E-state index in [1.165, 1.54) is 30.3 Å². The van der Waals surface area contributed by atoms with Gasteiger partial charge in [-0.1, -0.05) is 11.6 Å². The van der Waals surface area contributed by atoms with Gasteiger partial charge in [0.2, 0.25) is 0 Å². The number of halogens is 1. The van der Waals surface area contributed by atoms with Crippen LogP contribution in [0.15, 0.2) is 29.3 Å². The Hall–Kier alpha value is -1.68. The predicted octanol–water partition coefficient (Wildman–Crippen LogP) is 2.37. The number of non-ortho nitro benzene ring substituents is 1. The molecule has 0 radical (unpaired) electrons. The van der Waals surface area contributed by atoms with Crippen LogP contribution in [0.4, 0.5) is 5.69 Å². The highest BCUT2D eigenvalue weighted by atomic mass is 35.5. The normalized spacial score (nSPS) is 11.1. The zero-order chi connectivity index (χ0) is 10.6. The fourth-order valence-electron chi connectivity index (χ4n) is 0.886. The summed E-state index contributed by atoms with van der Waals surface area (Å²) in [5.74, 6) is 0. The summed E-state index contributed by atoms with van der Waals surface area (Å²) < 4.78 is 0. The summed E-state index contributed by atoms with van der Waals surface area (Å²) >= 11 is 5.46. The molecule has 0 N–H and O–H groups in total. The number of allylic oxidation sites excluding steroid dienone is 1. The second-order valence-electron chi connectivity index (χ2n) is 2.50. The standard InChI is InChI=1S/C9H6ClNO3/c10-8(6-12)5-7-1-3-9(4-2-7)11(13)14/h1-6H/b8-5-. The van der Waals surface area contributed by atoms with Gasteiger partial charge in [-0.05, 0) is 23.8 Å². The fraction of sp³-hybridized carbons (Fsp3) is 0. The zero-order valence-corrected chi connectivity index (χ0v) is 7.77. The first kappa shape index (κ1) is 10.4. The van der Waals surface area contributed by atoms with E-state index >= 15 is 0 Å². The third-order valence-corrected chi connectivity index (χ3v) is 1.72. The predicted molar refractivity (Wildman–Crippen MR) is 53.0 cm³/mol. The number of nitro groups is 1. The molecule has 14 heavy (non-hydrogen) atoms. The molecule has 0 heterocycles. The zero-order valence-electron chi connectivity index (χ0n) is 7.01. The molecule has 4 nitrogen and oxygen atoms in total. The van der Waals surface area contributed by atoms with Crippen LogP contribution in [0.3, 0.4) is 0 Å². The van der Waals surface area contributed by atoms with Crippen LogP contribution in [-0.2, 0) is 4.79 Å². The van der Waals surface area contributed by atoms with Gasteiger partial charge in [-0.3, -0.25) is 14.9 Å². The molecule has 1 aromatic rings. The van der Waals surface area contributed by atoms with E-state index in [0.29, 0.717) is 11.8 Å². The van der Waals surface area contributed by atoms with Crippen molar-refractivity contribution in [3.8, 4) is 0 Å². The number of hydrogen-bond acceptors (Lipinski definition) is 3. The average Bonchev–Trinajstić information content (AvgIpc) is 2.18. The molecular formula is C9H6ClNO3. The maximum absolute atomic E-state index is 10.3. The maximum Gasteiger partial charge on any atom is 0.269 e. The Bertz CT molecular complexity index is 384. The average molecular weight is 212 g/mol. The van der Waals surface area contributed by atoms with E-state index in [2.05, 4.69) is 0 Å². The van der Waals surface area contributed by atoms with Crippen molar-refractivity contribution in [2.75, 3.05) is 0 Å². The summed E-state index contributed by atoms with van der Waals surface area (Å²) in [6, 6.07) is 5.73. The molecule has 0 unspecified atom stereocenters.